The Morgan fingerprint density at radius 2 is 1.88 bits per heavy atom. The Hall–Kier alpha value is -0.570. The molecule has 4 rings (SSSR count). The van der Waals surface area contributed by atoms with Crippen LogP contribution in [0.15, 0.2) is 0 Å². The molecule has 3 nitrogen and oxygen atoms in total. The molecular weight excluding hydrogens is 204 g/mol. The van der Waals surface area contributed by atoms with Gasteiger partial charge in [0.15, 0.2) is 0 Å². The van der Waals surface area contributed by atoms with Crippen molar-refractivity contribution >= 4 is 5.97 Å². The van der Waals surface area contributed by atoms with Crippen LogP contribution in [0.1, 0.15) is 51.4 Å². The van der Waals surface area contributed by atoms with Gasteiger partial charge in [0.2, 0.25) is 0 Å². The molecule has 0 aromatic heterocycles. The minimum absolute atomic E-state index is 0.124. The van der Waals surface area contributed by atoms with E-state index in [0.717, 1.165) is 32.1 Å². The smallest absolute Gasteiger partial charge is 0.0658 e. The molecule has 0 heterocycles. The Balaban J connectivity index is 1.78. The van der Waals surface area contributed by atoms with Gasteiger partial charge >= 0.3 is 0 Å². The van der Waals surface area contributed by atoms with Crippen LogP contribution in [0.5, 0.6) is 0 Å². The highest BCUT2D eigenvalue weighted by Crippen LogP contribution is 2.63. The molecule has 0 aliphatic heterocycles. The van der Waals surface area contributed by atoms with Gasteiger partial charge in [-0.1, -0.05) is 0 Å². The van der Waals surface area contributed by atoms with E-state index in [1.54, 1.807) is 0 Å². The summed E-state index contributed by atoms with van der Waals surface area (Å²) in [4.78, 5) is 10.6. The van der Waals surface area contributed by atoms with Crippen molar-refractivity contribution < 1.29 is 15.0 Å². The van der Waals surface area contributed by atoms with Crippen molar-refractivity contribution in [1.82, 2.24) is 0 Å². The number of carbonyl (C=O) groups is 1. The van der Waals surface area contributed by atoms with Crippen molar-refractivity contribution in [3.05, 3.63) is 0 Å². The molecule has 1 N–H and O–H groups in total. The summed E-state index contributed by atoms with van der Waals surface area (Å²) in [6.07, 6.45) is 7.15. The molecular formula is C13H19O3-. The number of aliphatic carboxylic acids is 1. The summed E-state index contributed by atoms with van der Waals surface area (Å²) in [6, 6.07) is 0. The monoisotopic (exact) mass is 223 g/mol. The molecule has 4 saturated carbocycles. The van der Waals surface area contributed by atoms with E-state index in [1.165, 1.54) is 6.42 Å². The predicted molar refractivity (Wildman–Crippen MR) is 56.3 cm³/mol. The molecule has 4 fully saturated rings. The summed E-state index contributed by atoms with van der Waals surface area (Å²) < 4.78 is 0. The highest BCUT2D eigenvalue weighted by atomic mass is 16.4. The first-order valence-corrected chi connectivity index (χ1v) is 6.41. The number of carbonyl (C=O) groups excluding carboxylic acids is 1. The molecule has 0 saturated heterocycles. The molecule has 3 heteroatoms. The van der Waals surface area contributed by atoms with E-state index in [0.29, 0.717) is 18.3 Å². The summed E-state index contributed by atoms with van der Waals surface area (Å²) in [5.74, 6) is 0.351. The van der Waals surface area contributed by atoms with E-state index in [9.17, 15) is 15.0 Å². The van der Waals surface area contributed by atoms with E-state index in [4.69, 9.17) is 0 Å². The second-order valence-corrected chi connectivity index (χ2v) is 6.56. The van der Waals surface area contributed by atoms with E-state index < -0.39 is 11.6 Å². The van der Waals surface area contributed by atoms with Crippen LogP contribution in [0, 0.1) is 17.3 Å². The Labute approximate surface area is 95.9 Å². The zero-order valence-corrected chi connectivity index (χ0v) is 9.58. The number of rotatable bonds is 3. The van der Waals surface area contributed by atoms with Gasteiger partial charge in [0.1, 0.15) is 0 Å². The maximum atomic E-state index is 10.6. The average molecular weight is 223 g/mol. The molecule has 0 spiro atoms. The lowest BCUT2D eigenvalue weighted by molar-refractivity contribution is -0.307. The minimum atomic E-state index is -0.942. The zero-order valence-electron chi connectivity index (χ0n) is 9.58. The molecule has 4 bridgehead atoms. The van der Waals surface area contributed by atoms with Crippen LogP contribution in [0.2, 0.25) is 0 Å². The van der Waals surface area contributed by atoms with Gasteiger partial charge < -0.3 is 15.0 Å². The third-order valence-corrected chi connectivity index (χ3v) is 5.01. The molecule has 0 aromatic rings. The fourth-order valence-corrected chi connectivity index (χ4v) is 5.06. The molecule has 16 heavy (non-hydrogen) atoms. The Morgan fingerprint density at radius 1 is 1.25 bits per heavy atom. The number of carboxylic acids is 1. The van der Waals surface area contributed by atoms with Crippen molar-refractivity contribution in [3.8, 4) is 0 Å². The van der Waals surface area contributed by atoms with Crippen molar-refractivity contribution in [2.24, 2.45) is 17.3 Å². The number of carboxylic acid groups (broad SMARTS) is 1. The molecule has 90 valence electrons. The molecule has 2 atom stereocenters. The van der Waals surface area contributed by atoms with Crippen LogP contribution >= 0.6 is 0 Å². The third-order valence-electron chi connectivity index (χ3n) is 5.01. The molecule has 0 radical (unpaired) electrons. The van der Waals surface area contributed by atoms with E-state index in [2.05, 4.69) is 0 Å². The molecule has 0 aromatic carbocycles. The van der Waals surface area contributed by atoms with Gasteiger partial charge in [0, 0.05) is 5.97 Å². The zero-order chi connectivity index (χ0) is 11.4. The number of hydrogen-bond donors (Lipinski definition) is 1. The topological polar surface area (TPSA) is 60.4 Å². The van der Waals surface area contributed by atoms with Gasteiger partial charge in [-0.15, -0.1) is 0 Å². The average Bonchev–Trinajstić information content (AvgIpc) is 2.10. The van der Waals surface area contributed by atoms with Gasteiger partial charge in [0.25, 0.3) is 0 Å². The van der Waals surface area contributed by atoms with Crippen LogP contribution in [0.25, 0.3) is 0 Å². The number of hydrogen-bond acceptors (Lipinski definition) is 3. The summed E-state index contributed by atoms with van der Waals surface area (Å²) >= 11 is 0. The van der Waals surface area contributed by atoms with E-state index in [-0.39, 0.29) is 11.8 Å². The molecule has 4 aliphatic rings. The fraction of sp³-hybridized carbons (Fsp3) is 0.923. The highest BCUT2D eigenvalue weighted by molar-refractivity contribution is 5.64. The third kappa shape index (κ3) is 1.65. The van der Waals surface area contributed by atoms with Crippen LogP contribution in [-0.2, 0) is 4.79 Å². The second kappa shape index (κ2) is 3.22. The van der Waals surface area contributed by atoms with Crippen molar-refractivity contribution in [2.45, 2.75) is 57.0 Å². The highest BCUT2D eigenvalue weighted by Gasteiger charge is 2.56. The van der Waals surface area contributed by atoms with Crippen molar-refractivity contribution in [3.63, 3.8) is 0 Å². The van der Waals surface area contributed by atoms with Gasteiger partial charge in [-0.3, -0.25) is 0 Å². The lowest BCUT2D eigenvalue weighted by atomic mass is 9.47. The van der Waals surface area contributed by atoms with Gasteiger partial charge in [-0.05, 0) is 68.6 Å². The first-order valence-electron chi connectivity index (χ1n) is 6.41. The molecule has 4 aliphatic carbocycles. The summed E-state index contributed by atoms with van der Waals surface area (Å²) in [6.45, 7) is 0. The standard InChI is InChI=1S/C13H20O3/c14-11(15)1-2-12-4-9-3-10(5-12)7-13(16,6-9)8-12/h9-10,16H,1-8H2,(H,14,15)/p-1/t9-,10-,12?,13?/m0/s1. The molecule has 0 unspecified atom stereocenters. The first-order chi connectivity index (χ1) is 7.49. The Kier molecular flexibility index (Phi) is 2.13. The fourth-order valence-electron chi connectivity index (χ4n) is 5.06. The Bertz CT molecular complexity index is 309. The van der Waals surface area contributed by atoms with Gasteiger partial charge in [-0.2, -0.15) is 0 Å². The summed E-state index contributed by atoms with van der Waals surface area (Å²) in [7, 11) is 0. The quantitative estimate of drug-likeness (QED) is 0.771. The first kappa shape index (κ1) is 10.6. The Morgan fingerprint density at radius 3 is 2.38 bits per heavy atom. The number of aliphatic hydroxyl groups is 1. The SMILES string of the molecule is O=C([O-])CCC12C[C@@H]3C[C@H](CC(O)(C3)C1)C2. The maximum Gasteiger partial charge on any atom is 0.0658 e. The van der Waals surface area contributed by atoms with Crippen LogP contribution in [-0.4, -0.2) is 16.7 Å². The van der Waals surface area contributed by atoms with Crippen LogP contribution in [0.4, 0.5) is 0 Å². The van der Waals surface area contributed by atoms with E-state index in [1.807, 2.05) is 0 Å². The summed E-state index contributed by atoms with van der Waals surface area (Å²) in [5.41, 5.74) is -0.338. The maximum absolute atomic E-state index is 10.6. The van der Waals surface area contributed by atoms with Crippen LogP contribution < -0.4 is 5.11 Å². The molecule has 0 amide bonds. The second-order valence-electron chi connectivity index (χ2n) is 6.56. The van der Waals surface area contributed by atoms with E-state index >= 15 is 0 Å². The lowest BCUT2D eigenvalue weighted by Crippen LogP contribution is -2.55. The predicted octanol–water partition coefficient (Wildman–Crippen LogP) is 0.848. The normalized spacial score (nSPS) is 49.6. The van der Waals surface area contributed by atoms with Crippen molar-refractivity contribution in [1.29, 1.82) is 0 Å². The summed E-state index contributed by atoms with van der Waals surface area (Å²) in [5, 5.41) is 21.1. The minimum Gasteiger partial charge on any atom is -0.550 e. The van der Waals surface area contributed by atoms with Crippen LogP contribution in [0.3, 0.4) is 0 Å². The van der Waals surface area contributed by atoms with Crippen molar-refractivity contribution in [2.75, 3.05) is 0 Å². The lowest BCUT2D eigenvalue weighted by Gasteiger charge is -2.60. The largest absolute Gasteiger partial charge is 0.550 e. The van der Waals surface area contributed by atoms with Gasteiger partial charge in [0.05, 0.1) is 5.60 Å². The van der Waals surface area contributed by atoms with Gasteiger partial charge in [-0.25, -0.2) is 0 Å².